The number of aromatic nitrogens is 2. The molecule has 4 rings (SSSR count). The van der Waals surface area contributed by atoms with Crippen LogP contribution in [0, 0.1) is 0 Å². The van der Waals surface area contributed by atoms with E-state index in [1.54, 1.807) is 0 Å². The molecule has 0 N–H and O–H groups in total. The van der Waals surface area contributed by atoms with Gasteiger partial charge in [-0.3, -0.25) is 9.59 Å². The number of amides is 2. The molecule has 0 aliphatic carbocycles. The molecule has 0 bridgehead atoms. The van der Waals surface area contributed by atoms with Gasteiger partial charge in [-0.25, -0.2) is 0 Å². The molecule has 0 spiro atoms. The molecule has 2 aromatic carbocycles. The Morgan fingerprint density at radius 1 is 0.971 bits per heavy atom. The summed E-state index contributed by atoms with van der Waals surface area (Å²) in [6.45, 7) is 5.74. The minimum Gasteiger partial charge on any atom is -0.338 e. The molecule has 7 heteroatoms. The van der Waals surface area contributed by atoms with Gasteiger partial charge in [0.25, 0.3) is 0 Å². The van der Waals surface area contributed by atoms with Crippen molar-refractivity contribution in [1.29, 1.82) is 0 Å². The Bertz CT molecular complexity index is 1090. The lowest BCUT2D eigenvalue weighted by Crippen LogP contribution is -2.56. The van der Waals surface area contributed by atoms with Crippen LogP contribution in [0.15, 0.2) is 77.8 Å². The molecule has 1 aliphatic heterocycles. The van der Waals surface area contributed by atoms with Gasteiger partial charge in [0.05, 0.1) is 17.4 Å². The van der Waals surface area contributed by atoms with Crippen LogP contribution in [0.5, 0.6) is 0 Å². The van der Waals surface area contributed by atoms with Crippen molar-refractivity contribution in [3.63, 3.8) is 0 Å². The Morgan fingerprint density at radius 2 is 1.68 bits per heavy atom. The van der Waals surface area contributed by atoms with Crippen LogP contribution in [0.25, 0.3) is 11.3 Å². The molecule has 1 aliphatic rings. The molecule has 176 valence electrons. The molecule has 2 amide bonds. The van der Waals surface area contributed by atoms with Crippen LogP contribution in [0.1, 0.15) is 31.7 Å². The van der Waals surface area contributed by atoms with Gasteiger partial charge in [-0.1, -0.05) is 79.3 Å². The molecule has 2 atom stereocenters. The first-order valence-electron chi connectivity index (χ1n) is 11.7. The van der Waals surface area contributed by atoms with Gasteiger partial charge in [0, 0.05) is 31.2 Å². The molecule has 2 unspecified atom stereocenters. The zero-order valence-corrected chi connectivity index (χ0v) is 20.4. The van der Waals surface area contributed by atoms with E-state index in [2.05, 4.69) is 10.2 Å². The smallest absolute Gasteiger partial charge is 0.233 e. The first-order chi connectivity index (χ1) is 16.6. The summed E-state index contributed by atoms with van der Waals surface area (Å²) < 4.78 is 0. The lowest BCUT2D eigenvalue weighted by Gasteiger charge is -2.41. The summed E-state index contributed by atoms with van der Waals surface area (Å²) in [5.74, 6) is 0.380. The Kier molecular flexibility index (Phi) is 7.95. The number of carbonyl (C=O) groups excluding carboxylic acids is 2. The van der Waals surface area contributed by atoms with Crippen molar-refractivity contribution in [2.45, 2.75) is 37.3 Å². The number of hydrogen-bond acceptors (Lipinski definition) is 5. The lowest BCUT2D eigenvalue weighted by molar-refractivity contribution is -0.142. The van der Waals surface area contributed by atoms with Gasteiger partial charge < -0.3 is 9.80 Å². The number of benzene rings is 2. The highest BCUT2D eigenvalue weighted by atomic mass is 32.2. The maximum atomic E-state index is 13.3. The van der Waals surface area contributed by atoms with Crippen molar-refractivity contribution in [3.05, 3.63) is 78.4 Å². The molecule has 1 fully saturated rings. The van der Waals surface area contributed by atoms with Crippen LogP contribution in [-0.4, -0.2) is 63.2 Å². The highest BCUT2D eigenvalue weighted by molar-refractivity contribution is 7.99. The fraction of sp³-hybridized carbons (Fsp3) is 0.333. The molecule has 1 aromatic heterocycles. The zero-order chi connectivity index (χ0) is 23.9. The summed E-state index contributed by atoms with van der Waals surface area (Å²) in [7, 11) is 0. The molecule has 2 heterocycles. The molecule has 1 saturated heterocycles. The van der Waals surface area contributed by atoms with Crippen LogP contribution in [-0.2, 0) is 9.59 Å². The quantitative estimate of drug-likeness (QED) is 0.472. The Labute approximate surface area is 205 Å². The topological polar surface area (TPSA) is 66.4 Å². The summed E-state index contributed by atoms with van der Waals surface area (Å²) in [6, 6.07) is 23.7. The van der Waals surface area contributed by atoms with Gasteiger partial charge in [0.2, 0.25) is 11.8 Å². The second-order valence-corrected chi connectivity index (χ2v) is 9.50. The third-order valence-electron chi connectivity index (χ3n) is 6.22. The predicted molar refractivity (Wildman–Crippen MR) is 135 cm³/mol. The van der Waals surface area contributed by atoms with E-state index in [1.165, 1.54) is 11.8 Å². The second-order valence-electron chi connectivity index (χ2n) is 8.50. The second kappa shape index (κ2) is 11.3. The van der Waals surface area contributed by atoms with E-state index in [4.69, 9.17) is 0 Å². The number of rotatable bonds is 7. The molecule has 34 heavy (non-hydrogen) atoms. The SMILES string of the molecule is CCC(C(=O)N1CCN(C(=O)CSc2ccc(-c3ccccc3)nn2)CC1C)c1ccccc1. The first-order valence-corrected chi connectivity index (χ1v) is 12.7. The van der Waals surface area contributed by atoms with Gasteiger partial charge in [0.15, 0.2) is 0 Å². The van der Waals surface area contributed by atoms with E-state index in [0.29, 0.717) is 25.4 Å². The normalized spacial score (nSPS) is 16.8. The van der Waals surface area contributed by atoms with Crippen LogP contribution in [0.2, 0.25) is 0 Å². The summed E-state index contributed by atoms with van der Waals surface area (Å²) in [6.07, 6.45) is 0.759. The van der Waals surface area contributed by atoms with Gasteiger partial charge >= 0.3 is 0 Å². The number of piperazine rings is 1. The molecule has 0 saturated carbocycles. The number of nitrogens with zero attached hydrogens (tertiary/aromatic N) is 4. The average Bonchev–Trinajstić information content (AvgIpc) is 2.89. The Balaban J connectivity index is 1.30. The van der Waals surface area contributed by atoms with Crippen LogP contribution < -0.4 is 0 Å². The van der Waals surface area contributed by atoms with Crippen molar-refractivity contribution in [1.82, 2.24) is 20.0 Å². The van der Waals surface area contributed by atoms with E-state index < -0.39 is 0 Å². The fourth-order valence-electron chi connectivity index (χ4n) is 4.34. The van der Waals surface area contributed by atoms with Gasteiger partial charge in [0.1, 0.15) is 5.03 Å². The molecular weight excluding hydrogens is 444 g/mol. The highest BCUT2D eigenvalue weighted by Crippen LogP contribution is 2.25. The summed E-state index contributed by atoms with van der Waals surface area (Å²) >= 11 is 1.39. The monoisotopic (exact) mass is 474 g/mol. The Hall–Kier alpha value is -3.19. The zero-order valence-electron chi connectivity index (χ0n) is 19.6. The van der Waals surface area contributed by atoms with Crippen molar-refractivity contribution in [3.8, 4) is 11.3 Å². The molecular formula is C27H30N4O2S. The number of thioether (sulfide) groups is 1. The summed E-state index contributed by atoms with van der Waals surface area (Å²) in [4.78, 5) is 29.9. The highest BCUT2D eigenvalue weighted by Gasteiger charge is 2.33. The standard InChI is InChI=1S/C27H30N4O2S/c1-3-23(21-10-6-4-7-11-21)27(33)31-17-16-30(18-20(31)2)26(32)19-34-25-15-14-24(28-29-25)22-12-8-5-9-13-22/h4-15,20,23H,3,16-19H2,1-2H3. The lowest BCUT2D eigenvalue weighted by atomic mass is 9.94. The van der Waals surface area contributed by atoms with E-state index in [9.17, 15) is 9.59 Å². The number of carbonyl (C=O) groups is 2. The Morgan fingerprint density at radius 3 is 2.29 bits per heavy atom. The van der Waals surface area contributed by atoms with Crippen LogP contribution in [0.3, 0.4) is 0 Å². The minimum absolute atomic E-state index is 0.0158. The summed E-state index contributed by atoms with van der Waals surface area (Å²) in [5, 5.41) is 9.29. The predicted octanol–water partition coefficient (Wildman–Crippen LogP) is 4.49. The average molecular weight is 475 g/mol. The van der Waals surface area contributed by atoms with Crippen molar-refractivity contribution >= 4 is 23.6 Å². The van der Waals surface area contributed by atoms with Gasteiger partial charge in [-0.2, -0.15) is 0 Å². The largest absolute Gasteiger partial charge is 0.338 e. The van der Waals surface area contributed by atoms with E-state index >= 15 is 0 Å². The first kappa shape index (κ1) is 24.0. The van der Waals surface area contributed by atoms with E-state index in [0.717, 1.165) is 28.3 Å². The van der Waals surface area contributed by atoms with Crippen molar-refractivity contribution < 1.29 is 9.59 Å². The van der Waals surface area contributed by atoms with Crippen LogP contribution >= 0.6 is 11.8 Å². The van der Waals surface area contributed by atoms with Gasteiger partial charge in [-0.05, 0) is 31.0 Å². The van der Waals surface area contributed by atoms with Crippen LogP contribution in [0.4, 0.5) is 0 Å². The molecule has 3 aromatic rings. The fourth-order valence-corrected chi connectivity index (χ4v) is 5.05. The molecule has 0 radical (unpaired) electrons. The van der Waals surface area contributed by atoms with Crippen molar-refractivity contribution in [2.24, 2.45) is 0 Å². The summed E-state index contributed by atoms with van der Waals surface area (Å²) in [5.41, 5.74) is 2.88. The third kappa shape index (κ3) is 5.65. The van der Waals surface area contributed by atoms with Crippen molar-refractivity contribution in [2.75, 3.05) is 25.4 Å². The van der Waals surface area contributed by atoms with Gasteiger partial charge in [-0.15, -0.1) is 10.2 Å². The third-order valence-corrected chi connectivity index (χ3v) is 7.13. The van der Waals surface area contributed by atoms with E-state index in [1.807, 2.05) is 96.4 Å². The minimum atomic E-state index is -0.140. The maximum absolute atomic E-state index is 13.3. The molecule has 6 nitrogen and oxygen atoms in total. The van der Waals surface area contributed by atoms with E-state index in [-0.39, 0.29) is 23.8 Å². The maximum Gasteiger partial charge on any atom is 0.233 e. The number of hydrogen-bond donors (Lipinski definition) is 0.